The summed E-state index contributed by atoms with van der Waals surface area (Å²) in [6.07, 6.45) is 1.56. The molecule has 5 rings (SSSR count). The van der Waals surface area contributed by atoms with E-state index in [4.69, 9.17) is 14.2 Å². The Bertz CT molecular complexity index is 1430. The Morgan fingerprint density at radius 3 is 2.43 bits per heavy atom. The van der Waals surface area contributed by atoms with Gasteiger partial charge in [-0.2, -0.15) is 0 Å². The maximum absolute atomic E-state index is 13.6. The number of carbonyl (C=O) groups is 2. The Hall–Kier alpha value is -4.14. The Morgan fingerprint density at radius 2 is 1.69 bits per heavy atom. The van der Waals surface area contributed by atoms with E-state index in [1.165, 1.54) is 0 Å². The van der Waals surface area contributed by atoms with Crippen LogP contribution in [0.3, 0.4) is 0 Å². The second-order valence-corrected chi connectivity index (χ2v) is 10.6. The summed E-state index contributed by atoms with van der Waals surface area (Å²) in [5.41, 5.74) is 2.01. The first kappa shape index (κ1) is 29.4. The van der Waals surface area contributed by atoms with Crippen LogP contribution in [0.2, 0.25) is 0 Å². The number of rotatable bonds is 11. The molecule has 220 valence electrons. The molecule has 0 spiro atoms. The second-order valence-electron chi connectivity index (χ2n) is 10.6. The standard InChI is InChI=1S/C34H38N2O6/c1-3-19-41-27-13-14-29(24(2)22-27)32(37)30-31(25-9-7-12-28(23-25)42-26-10-5-4-6-11-26)36(34(39)33(30)38)16-8-15-35-17-20-40-21-18-35/h4-7,9-14,22-23,31,37H,3,8,15-21H2,1-2H3/t31-/m1/s1. The minimum atomic E-state index is -0.760. The fourth-order valence-corrected chi connectivity index (χ4v) is 5.48. The summed E-state index contributed by atoms with van der Waals surface area (Å²) in [7, 11) is 0. The second kappa shape index (κ2) is 13.7. The molecule has 2 heterocycles. The van der Waals surface area contributed by atoms with Crippen molar-refractivity contribution >= 4 is 17.4 Å². The van der Waals surface area contributed by atoms with Gasteiger partial charge in [0, 0.05) is 31.7 Å². The molecule has 2 fully saturated rings. The summed E-state index contributed by atoms with van der Waals surface area (Å²) in [6.45, 7) is 8.71. The van der Waals surface area contributed by atoms with Crippen molar-refractivity contribution in [2.75, 3.05) is 46.0 Å². The number of hydrogen-bond donors (Lipinski definition) is 1. The number of likely N-dealkylation sites (tertiary alicyclic amines) is 1. The molecule has 0 saturated carbocycles. The maximum Gasteiger partial charge on any atom is 0.295 e. The summed E-state index contributed by atoms with van der Waals surface area (Å²) in [5.74, 6) is 0.448. The highest BCUT2D eigenvalue weighted by atomic mass is 16.5. The molecule has 1 N–H and O–H groups in total. The highest BCUT2D eigenvalue weighted by molar-refractivity contribution is 6.46. The third-order valence-corrected chi connectivity index (χ3v) is 7.60. The molecule has 0 aliphatic carbocycles. The highest BCUT2D eigenvalue weighted by Gasteiger charge is 2.46. The van der Waals surface area contributed by atoms with Gasteiger partial charge in [-0.3, -0.25) is 14.5 Å². The van der Waals surface area contributed by atoms with Gasteiger partial charge in [0.25, 0.3) is 11.7 Å². The molecule has 1 amide bonds. The fraction of sp³-hybridized carbons (Fsp3) is 0.353. The summed E-state index contributed by atoms with van der Waals surface area (Å²) in [4.78, 5) is 31.0. The highest BCUT2D eigenvalue weighted by Crippen LogP contribution is 2.41. The number of ketones is 1. The zero-order valence-corrected chi connectivity index (χ0v) is 24.3. The van der Waals surface area contributed by atoms with Crippen LogP contribution in [0.1, 0.15) is 42.5 Å². The van der Waals surface area contributed by atoms with Crippen LogP contribution in [-0.2, 0) is 14.3 Å². The quantitative estimate of drug-likeness (QED) is 0.179. The average Bonchev–Trinajstić information content (AvgIpc) is 3.26. The molecule has 8 heteroatoms. The van der Waals surface area contributed by atoms with Crippen molar-refractivity contribution in [3.8, 4) is 17.2 Å². The van der Waals surface area contributed by atoms with E-state index in [2.05, 4.69) is 4.90 Å². The van der Waals surface area contributed by atoms with E-state index in [-0.39, 0.29) is 11.3 Å². The lowest BCUT2D eigenvalue weighted by molar-refractivity contribution is -0.140. The predicted molar refractivity (Wildman–Crippen MR) is 161 cm³/mol. The van der Waals surface area contributed by atoms with Crippen molar-refractivity contribution in [2.45, 2.75) is 32.7 Å². The van der Waals surface area contributed by atoms with Crippen LogP contribution in [0.25, 0.3) is 5.76 Å². The predicted octanol–water partition coefficient (Wildman–Crippen LogP) is 5.72. The number of para-hydroxylation sites is 1. The summed E-state index contributed by atoms with van der Waals surface area (Å²) < 4.78 is 17.3. The van der Waals surface area contributed by atoms with Gasteiger partial charge in [-0.1, -0.05) is 37.3 Å². The zero-order chi connectivity index (χ0) is 29.5. The molecule has 0 radical (unpaired) electrons. The molecule has 3 aromatic carbocycles. The van der Waals surface area contributed by atoms with Gasteiger partial charge in [-0.25, -0.2) is 0 Å². The van der Waals surface area contributed by atoms with Crippen molar-refractivity contribution in [1.29, 1.82) is 0 Å². The van der Waals surface area contributed by atoms with E-state index in [1.807, 2.05) is 74.5 Å². The number of aliphatic hydroxyl groups is 1. The average molecular weight is 571 g/mol. The largest absolute Gasteiger partial charge is 0.507 e. The molecule has 0 bridgehead atoms. The van der Waals surface area contributed by atoms with E-state index in [0.29, 0.717) is 61.2 Å². The topological polar surface area (TPSA) is 88.5 Å². The minimum Gasteiger partial charge on any atom is -0.507 e. The Kier molecular flexibility index (Phi) is 9.56. The van der Waals surface area contributed by atoms with E-state index in [0.717, 1.165) is 31.6 Å². The zero-order valence-electron chi connectivity index (χ0n) is 24.3. The van der Waals surface area contributed by atoms with Crippen molar-refractivity contribution in [2.24, 2.45) is 0 Å². The first-order chi connectivity index (χ1) is 20.5. The van der Waals surface area contributed by atoms with E-state index >= 15 is 0 Å². The normalized spacial score (nSPS) is 18.8. The van der Waals surface area contributed by atoms with Crippen molar-refractivity contribution in [3.05, 3.63) is 95.1 Å². The number of nitrogens with zero attached hydrogens (tertiary/aromatic N) is 2. The van der Waals surface area contributed by atoms with Gasteiger partial charge in [0.15, 0.2) is 0 Å². The van der Waals surface area contributed by atoms with Crippen LogP contribution in [0, 0.1) is 6.92 Å². The Labute approximate surface area is 247 Å². The van der Waals surface area contributed by atoms with Crippen LogP contribution in [0.5, 0.6) is 17.2 Å². The number of hydrogen-bond acceptors (Lipinski definition) is 7. The third-order valence-electron chi connectivity index (χ3n) is 7.60. The lowest BCUT2D eigenvalue weighted by Gasteiger charge is -2.29. The number of aryl methyl sites for hydroxylation is 1. The van der Waals surface area contributed by atoms with Gasteiger partial charge in [-0.15, -0.1) is 0 Å². The number of ether oxygens (including phenoxy) is 3. The van der Waals surface area contributed by atoms with Crippen molar-refractivity contribution < 1.29 is 28.9 Å². The molecule has 0 aromatic heterocycles. The smallest absolute Gasteiger partial charge is 0.295 e. The van der Waals surface area contributed by atoms with Crippen LogP contribution >= 0.6 is 0 Å². The molecule has 2 saturated heterocycles. The van der Waals surface area contributed by atoms with Crippen LogP contribution < -0.4 is 9.47 Å². The Morgan fingerprint density at radius 1 is 0.929 bits per heavy atom. The Balaban J connectivity index is 1.50. The maximum atomic E-state index is 13.6. The molecule has 3 aromatic rings. The number of aliphatic hydroxyl groups excluding tert-OH is 1. The van der Waals surface area contributed by atoms with Crippen LogP contribution in [-0.4, -0.2) is 72.6 Å². The molecule has 8 nitrogen and oxygen atoms in total. The summed E-state index contributed by atoms with van der Waals surface area (Å²) in [6, 6.07) is 21.4. The van der Waals surface area contributed by atoms with Gasteiger partial charge in [0.1, 0.15) is 23.0 Å². The summed E-state index contributed by atoms with van der Waals surface area (Å²) in [5, 5.41) is 11.6. The number of morpholine rings is 1. The summed E-state index contributed by atoms with van der Waals surface area (Å²) >= 11 is 0. The molecule has 2 aliphatic rings. The number of carbonyl (C=O) groups excluding carboxylic acids is 2. The molecule has 0 unspecified atom stereocenters. The van der Waals surface area contributed by atoms with Crippen molar-refractivity contribution in [3.63, 3.8) is 0 Å². The first-order valence-electron chi connectivity index (χ1n) is 14.6. The molecular formula is C34H38N2O6. The minimum absolute atomic E-state index is 0.0774. The van der Waals surface area contributed by atoms with Gasteiger partial charge in [0.2, 0.25) is 0 Å². The van der Waals surface area contributed by atoms with E-state index in [1.54, 1.807) is 17.0 Å². The number of Topliss-reactive ketones (excluding diaryl/α,β-unsaturated/α-hetero) is 1. The van der Waals surface area contributed by atoms with Crippen LogP contribution in [0.15, 0.2) is 78.4 Å². The van der Waals surface area contributed by atoms with Gasteiger partial charge < -0.3 is 24.2 Å². The lowest BCUT2D eigenvalue weighted by atomic mass is 9.93. The van der Waals surface area contributed by atoms with Gasteiger partial charge in [0.05, 0.1) is 31.4 Å². The van der Waals surface area contributed by atoms with Crippen LogP contribution in [0.4, 0.5) is 0 Å². The van der Waals surface area contributed by atoms with Gasteiger partial charge in [-0.05, 0) is 73.4 Å². The third kappa shape index (κ3) is 6.66. The first-order valence-corrected chi connectivity index (χ1v) is 14.6. The fourth-order valence-electron chi connectivity index (χ4n) is 5.48. The molecular weight excluding hydrogens is 532 g/mol. The van der Waals surface area contributed by atoms with Crippen molar-refractivity contribution in [1.82, 2.24) is 9.80 Å². The lowest BCUT2D eigenvalue weighted by Crippen LogP contribution is -2.38. The SMILES string of the molecule is CCCOc1ccc(C(O)=C2C(=O)C(=O)N(CCCN3CCOCC3)[C@@H]2c2cccc(Oc3ccccc3)c2)c(C)c1. The number of benzene rings is 3. The van der Waals surface area contributed by atoms with E-state index < -0.39 is 17.7 Å². The van der Waals surface area contributed by atoms with E-state index in [9.17, 15) is 14.7 Å². The monoisotopic (exact) mass is 570 g/mol. The van der Waals surface area contributed by atoms with Gasteiger partial charge >= 0.3 is 0 Å². The molecule has 1 atom stereocenters. The number of amides is 1. The molecule has 2 aliphatic heterocycles. The molecule has 42 heavy (non-hydrogen) atoms.